The van der Waals surface area contributed by atoms with E-state index in [-0.39, 0.29) is 11.9 Å². The third-order valence-corrected chi connectivity index (χ3v) is 5.13. The van der Waals surface area contributed by atoms with E-state index >= 15 is 0 Å². The molecule has 0 heterocycles. The van der Waals surface area contributed by atoms with E-state index in [1.165, 1.54) is 36.0 Å². The number of rotatable bonds is 8. The minimum Gasteiger partial charge on any atom is -0.497 e. The molecule has 3 rings (SSSR count). The van der Waals surface area contributed by atoms with Gasteiger partial charge >= 0.3 is 0 Å². The van der Waals surface area contributed by atoms with Gasteiger partial charge in [-0.15, -0.1) is 0 Å². The summed E-state index contributed by atoms with van der Waals surface area (Å²) in [6.07, 6.45) is 6.06. The summed E-state index contributed by atoms with van der Waals surface area (Å²) in [5, 5.41) is 3.11. The van der Waals surface area contributed by atoms with Gasteiger partial charge in [-0.3, -0.25) is 4.79 Å². The van der Waals surface area contributed by atoms with E-state index in [1.807, 2.05) is 24.3 Å². The molecule has 0 spiro atoms. The molecule has 144 valence electrons. The van der Waals surface area contributed by atoms with Gasteiger partial charge in [0.15, 0.2) is 0 Å². The van der Waals surface area contributed by atoms with Crippen molar-refractivity contribution in [3.63, 3.8) is 0 Å². The molecular weight excluding hydrogens is 338 g/mol. The van der Waals surface area contributed by atoms with Crippen molar-refractivity contribution in [2.45, 2.75) is 51.5 Å². The molecule has 0 bridgehead atoms. The van der Waals surface area contributed by atoms with E-state index in [0.29, 0.717) is 19.4 Å². The predicted molar refractivity (Wildman–Crippen MR) is 107 cm³/mol. The van der Waals surface area contributed by atoms with Crippen molar-refractivity contribution in [2.75, 3.05) is 13.7 Å². The maximum absolute atomic E-state index is 12.2. The first-order chi connectivity index (χ1) is 13.2. The highest BCUT2D eigenvalue weighted by atomic mass is 16.5. The third kappa shape index (κ3) is 5.49. The predicted octanol–water partition coefficient (Wildman–Crippen LogP) is 4.61. The molecule has 27 heavy (non-hydrogen) atoms. The summed E-state index contributed by atoms with van der Waals surface area (Å²) < 4.78 is 10.8. The Kier molecular flexibility index (Phi) is 6.74. The summed E-state index contributed by atoms with van der Waals surface area (Å²) in [5.41, 5.74) is 4.12. The Hall–Kier alpha value is -2.49. The van der Waals surface area contributed by atoms with Crippen LogP contribution in [0, 0.1) is 0 Å². The number of aryl methyl sites for hydroxylation is 2. The second kappa shape index (κ2) is 9.45. The van der Waals surface area contributed by atoms with E-state index in [9.17, 15) is 4.79 Å². The van der Waals surface area contributed by atoms with Gasteiger partial charge in [-0.1, -0.05) is 18.2 Å². The first-order valence-electron chi connectivity index (χ1n) is 9.83. The molecule has 2 aromatic rings. The smallest absolute Gasteiger partial charge is 0.220 e. The number of carbonyl (C=O) groups excluding carboxylic acids is 1. The summed E-state index contributed by atoms with van der Waals surface area (Å²) in [7, 11) is 1.64. The molecule has 2 aromatic carbocycles. The quantitative estimate of drug-likeness (QED) is 0.693. The Morgan fingerprint density at radius 3 is 2.48 bits per heavy atom. The molecule has 1 aliphatic carbocycles. The number of benzene rings is 2. The van der Waals surface area contributed by atoms with Crippen LogP contribution in [0.25, 0.3) is 0 Å². The number of nitrogens with one attached hydrogen (secondary N) is 1. The molecule has 4 heteroatoms. The van der Waals surface area contributed by atoms with Crippen LogP contribution in [0.15, 0.2) is 42.5 Å². The van der Waals surface area contributed by atoms with Crippen molar-refractivity contribution in [3.05, 3.63) is 59.2 Å². The summed E-state index contributed by atoms with van der Waals surface area (Å²) in [5.74, 6) is 1.66. The van der Waals surface area contributed by atoms with Crippen LogP contribution in [0.2, 0.25) is 0 Å². The van der Waals surface area contributed by atoms with Crippen molar-refractivity contribution < 1.29 is 14.3 Å². The van der Waals surface area contributed by atoms with Crippen molar-refractivity contribution in [1.29, 1.82) is 0 Å². The molecule has 0 radical (unpaired) electrons. The van der Waals surface area contributed by atoms with E-state index in [0.717, 1.165) is 17.9 Å². The second-order valence-corrected chi connectivity index (χ2v) is 7.15. The van der Waals surface area contributed by atoms with Crippen molar-refractivity contribution in [1.82, 2.24) is 5.32 Å². The standard InChI is InChI=1S/C23H29NO3/c1-17(19-10-9-18-6-3-4-7-20(18)16-19)24-23(25)8-5-15-27-22-13-11-21(26-2)12-14-22/h9-14,16-17H,3-8,15H2,1-2H3,(H,24,25)/t17-/m1/s1. The summed E-state index contributed by atoms with van der Waals surface area (Å²) in [6, 6.07) is 14.2. The average molecular weight is 367 g/mol. The van der Waals surface area contributed by atoms with Crippen LogP contribution in [-0.4, -0.2) is 19.6 Å². The zero-order chi connectivity index (χ0) is 19.1. The van der Waals surface area contributed by atoms with Gasteiger partial charge in [-0.25, -0.2) is 0 Å². The number of amides is 1. The minimum atomic E-state index is 0.0345. The number of carbonyl (C=O) groups is 1. The maximum Gasteiger partial charge on any atom is 0.220 e. The number of hydrogen-bond acceptors (Lipinski definition) is 3. The molecule has 1 aliphatic rings. The van der Waals surface area contributed by atoms with Crippen LogP contribution in [0.1, 0.15) is 55.3 Å². The molecule has 1 atom stereocenters. The average Bonchev–Trinajstić information content (AvgIpc) is 2.71. The second-order valence-electron chi connectivity index (χ2n) is 7.15. The van der Waals surface area contributed by atoms with E-state index in [1.54, 1.807) is 7.11 Å². The van der Waals surface area contributed by atoms with Crippen LogP contribution in [0.5, 0.6) is 11.5 Å². The molecule has 0 aromatic heterocycles. The summed E-state index contributed by atoms with van der Waals surface area (Å²) >= 11 is 0. The topological polar surface area (TPSA) is 47.6 Å². The SMILES string of the molecule is COc1ccc(OCCCC(=O)N[C@H](C)c2ccc3c(c2)CCCC3)cc1. The third-order valence-electron chi connectivity index (χ3n) is 5.13. The molecule has 0 aliphatic heterocycles. The van der Waals surface area contributed by atoms with Gasteiger partial charge in [0.2, 0.25) is 5.91 Å². The first kappa shape index (κ1) is 19.3. The highest BCUT2D eigenvalue weighted by Crippen LogP contribution is 2.25. The normalized spacial score (nSPS) is 14.1. The number of fused-ring (bicyclic) bond motifs is 1. The summed E-state index contributed by atoms with van der Waals surface area (Å²) in [6.45, 7) is 2.57. The molecule has 4 nitrogen and oxygen atoms in total. The monoisotopic (exact) mass is 367 g/mol. The van der Waals surface area contributed by atoms with Gasteiger partial charge in [-0.2, -0.15) is 0 Å². The lowest BCUT2D eigenvalue weighted by atomic mass is 9.89. The van der Waals surface area contributed by atoms with Crippen molar-refractivity contribution >= 4 is 5.91 Å². The Morgan fingerprint density at radius 2 is 1.74 bits per heavy atom. The fraction of sp³-hybridized carbons (Fsp3) is 0.435. The van der Waals surface area contributed by atoms with Gasteiger partial charge in [0.25, 0.3) is 0 Å². The highest BCUT2D eigenvalue weighted by Gasteiger charge is 2.14. The van der Waals surface area contributed by atoms with Gasteiger partial charge in [0.1, 0.15) is 11.5 Å². The summed E-state index contributed by atoms with van der Waals surface area (Å²) in [4.78, 5) is 12.2. The molecule has 0 saturated heterocycles. The van der Waals surface area contributed by atoms with Crippen LogP contribution in [0.3, 0.4) is 0 Å². The molecule has 0 fully saturated rings. The van der Waals surface area contributed by atoms with Gasteiger partial charge in [-0.05, 0) is 80.0 Å². The van der Waals surface area contributed by atoms with Gasteiger partial charge < -0.3 is 14.8 Å². The Balaban J connectivity index is 1.40. The largest absolute Gasteiger partial charge is 0.497 e. The van der Waals surface area contributed by atoms with Crippen LogP contribution in [-0.2, 0) is 17.6 Å². The Bertz CT molecular complexity index is 755. The molecule has 1 amide bonds. The lowest BCUT2D eigenvalue weighted by Crippen LogP contribution is -2.27. The van der Waals surface area contributed by atoms with Crippen LogP contribution < -0.4 is 14.8 Å². The zero-order valence-electron chi connectivity index (χ0n) is 16.3. The fourth-order valence-corrected chi connectivity index (χ4v) is 3.51. The van der Waals surface area contributed by atoms with Gasteiger partial charge in [0.05, 0.1) is 19.8 Å². The number of ether oxygens (including phenoxy) is 2. The Labute approximate surface area is 161 Å². The fourth-order valence-electron chi connectivity index (χ4n) is 3.51. The minimum absolute atomic E-state index is 0.0345. The van der Waals surface area contributed by atoms with Gasteiger partial charge in [0, 0.05) is 6.42 Å². The van der Waals surface area contributed by atoms with Crippen molar-refractivity contribution in [3.8, 4) is 11.5 Å². The van der Waals surface area contributed by atoms with E-state index in [4.69, 9.17) is 9.47 Å². The van der Waals surface area contributed by atoms with Crippen molar-refractivity contribution in [2.24, 2.45) is 0 Å². The molecule has 0 unspecified atom stereocenters. The maximum atomic E-state index is 12.2. The van der Waals surface area contributed by atoms with Crippen LogP contribution in [0.4, 0.5) is 0 Å². The molecule has 0 saturated carbocycles. The number of hydrogen-bond donors (Lipinski definition) is 1. The zero-order valence-corrected chi connectivity index (χ0v) is 16.3. The lowest BCUT2D eigenvalue weighted by molar-refractivity contribution is -0.121. The first-order valence-corrected chi connectivity index (χ1v) is 9.83. The highest BCUT2D eigenvalue weighted by molar-refractivity contribution is 5.76. The number of methoxy groups -OCH3 is 1. The molecule has 1 N–H and O–H groups in total. The Morgan fingerprint density at radius 1 is 1.04 bits per heavy atom. The lowest BCUT2D eigenvalue weighted by Gasteiger charge is -2.20. The van der Waals surface area contributed by atoms with E-state index < -0.39 is 0 Å². The molecular formula is C23H29NO3. The van der Waals surface area contributed by atoms with Crippen LogP contribution >= 0.6 is 0 Å². The van der Waals surface area contributed by atoms with E-state index in [2.05, 4.69) is 30.4 Å².